The summed E-state index contributed by atoms with van der Waals surface area (Å²) in [4.78, 5) is 60.5. The molecule has 0 fully saturated rings. The molecular weight excluding hydrogens is 418 g/mol. The Labute approximate surface area is 189 Å². The van der Waals surface area contributed by atoms with Crippen molar-refractivity contribution in [3.05, 3.63) is 0 Å². The maximum atomic E-state index is 12.9. The van der Waals surface area contributed by atoms with E-state index in [9.17, 15) is 29.1 Å². The molecule has 0 aliphatic heterocycles. The fraction of sp³-hybridized carbons (Fsp3) is 0.762. The second-order valence-electron chi connectivity index (χ2n) is 9.23. The van der Waals surface area contributed by atoms with Gasteiger partial charge in [-0.15, -0.1) is 0 Å². The Morgan fingerprint density at radius 1 is 0.750 bits per heavy atom. The molecule has 0 heterocycles. The first-order valence-corrected chi connectivity index (χ1v) is 10.8. The number of hydrogen-bond donors (Lipinski definition) is 6. The van der Waals surface area contributed by atoms with Crippen LogP contribution in [0.15, 0.2) is 0 Å². The lowest BCUT2D eigenvalue weighted by atomic mass is 9.98. The number of carboxylic acid groups (broad SMARTS) is 1. The molecule has 0 aromatic carbocycles. The molecule has 0 aliphatic rings. The van der Waals surface area contributed by atoms with Crippen molar-refractivity contribution in [3.63, 3.8) is 0 Å². The molecule has 4 amide bonds. The Hall–Kier alpha value is -2.69. The Morgan fingerprint density at radius 2 is 1.22 bits per heavy atom. The van der Waals surface area contributed by atoms with E-state index < -0.39 is 53.8 Å². The molecule has 184 valence electrons. The van der Waals surface area contributed by atoms with Gasteiger partial charge in [-0.3, -0.25) is 19.2 Å². The molecule has 4 unspecified atom stereocenters. The number of carbonyl (C=O) groups is 5. The summed E-state index contributed by atoms with van der Waals surface area (Å²) >= 11 is 0. The lowest BCUT2D eigenvalue weighted by Gasteiger charge is -2.27. The predicted molar refractivity (Wildman–Crippen MR) is 119 cm³/mol. The summed E-state index contributed by atoms with van der Waals surface area (Å²) in [6.45, 7) is 10.8. The van der Waals surface area contributed by atoms with Crippen molar-refractivity contribution in [3.8, 4) is 0 Å². The summed E-state index contributed by atoms with van der Waals surface area (Å²) in [6, 6.07) is -4.30. The minimum Gasteiger partial charge on any atom is -0.480 e. The maximum absolute atomic E-state index is 12.9. The third kappa shape index (κ3) is 11.1. The van der Waals surface area contributed by atoms with Gasteiger partial charge >= 0.3 is 5.97 Å². The molecule has 4 atom stereocenters. The van der Waals surface area contributed by atoms with Gasteiger partial charge in [-0.1, -0.05) is 41.5 Å². The first-order valence-electron chi connectivity index (χ1n) is 10.8. The second-order valence-corrected chi connectivity index (χ2v) is 9.23. The highest BCUT2D eigenvalue weighted by Crippen LogP contribution is 2.10. The number of hydrogen-bond acceptors (Lipinski definition) is 6. The SMILES string of the molecule is CC(C)CC(NC(=O)C(CC(C)C)NC(=O)C(NC(=O)C(N)CC(N)=O)C(C)C)C(=O)O. The van der Waals surface area contributed by atoms with Crippen molar-refractivity contribution in [1.82, 2.24) is 16.0 Å². The number of nitrogens with two attached hydrogens (primary N) is 2. The molecule has 0 radical (unpaired) electrons. The average molecular weight is 458 g/mol. The van der Waals surface area contributed by atoms with E-state index in [2.05, 4.69) is 16.0 Å². The molecule has 11 heteroatoms. The highest BCUT2D eigenvalue weighted by Gasteiger charge is 2.32. The van der Waals surface area contributed by atoms with Crippen molar-refractivity contribution in [2.45, 2.75) is 85.0 Å². The van der Waals surface area contributed by atoms with Crippen LogP contribution in [0.5, 0.6) is 0 Å². The normalized spacial score (nSPS) is 15.1. The van der Waals surface area contributed by atoms with Crippen LogP contribution in [0.2, 0.25) is 0 Å². The maximum Gasteiger partial charge on any atom is 0.326 e. The summed E-state index contributed by atoms with van der Waals surface area (Å²) < 4.78 is 0. The average Bonchev–Trinajstić information content (AvgIpc) is 2.62. The summed E-state index contributed by atoms with van der Waals surface area (Å²) in [5.74, 6) is -4.13. The van der Waals surface area contributed by atoms with Crippen LogP contribution in [0.1, 0.15) is 60.8 Å². The van der Waals surface area contributed by atoms with Crippen LogP contribution >= 0.6 is 0 Å². The third-order valence-electron chi connectivity index (χ3n) is 4.67. The molecule has 0 saturated heterocycles. The number of rotatable bonds is 14. The van der Waals surface area contributed by atoms with Gasteiger partial charge in [0, 0.05) is 0 Å². The topological polar surface area (TPSA) is 194 Å². The lowest BCUT2D eigenvalue weighted by Crippen LogP contribution is -2.58. The molecule has 0 aromatic heterocycles. The number of carboxylic acids is 1. The number of primary amides is 1. The number of carbonyl (C=O) groups excluding carboxylic acids is 4. The van der Waals surface area contributed by atoms with Crippen molar-refractivity contribution in [2.24, 2.45) is 29.2 Å². The van der Waals surface area contributed by atoms with Crippen molar-refractivity contribution in [2.75, 3.05) is 0 Å². The summed E-state index contributed by atoms with van der Waals surface area (Å²) in [5.41, 5.74) is 10.7. The summed E-state index contributed by atoms with van der Waals surface area (Å²) in [7, 11) is 0. The molecule has 0 aliphatic carbocycles. The number of amides is 4. The molecule has 8 N–H and O–H groups in total. The van der Waals surface area contributed by atoms with Gasteiger partial charge in [-0.2, -0.15) is 0 Å². The van der Waals surface area contributed by atoms with E-state index in [1.807, 2.05) is 27.7 Å². The van der Waals surface area contributed by atoms with Gasteiger partial charge in [0.1, 0.15) is 18.1 Å². The van der Waals surface area contributed by atoms with E-state index in [1.165, 1.54) is 0 Å². The van der Waals surface area contributed by atoms with Crippen LogP contribution < -0.4 is 27.4 Å². The molecule has 0 spiro atoms. The van der Waals surface area contributed by atoms with Crippen LogP contribution in [-0.4, -0.2) is 58.9 Å². The Morgan fingerprint density at radius 3 is 1.62 bits per heavy atom. The van der Waals surface area contributed by atoms with Gasteiger partial charge in [0.15, 0.2) is 0 Å². The van der Waals surface area contributed by atoms with Crippen LogP contribution in [0, 0.1) is 17.8 Å². The van der Waals surface area contributed by atoms with Crippen molar-refractivity contribution in [1.29, 1.82) is 0 Å². The summed E-state index contributed by atoms with van der Waals surface area (Å²) in [6.07, 6.45) is 0.139. The van der Waals surface area contributed by atoms with Crippen molar-refractivity contribution >= 4 is 29.6 Å². The monoisotopic (exact) mass is 457 g/mol. The van der Waals surface area contributed by atoms with Gasteiger partial charge in [0.05, 0.1) is 12.5 Å². The van der Waals surface area contributed by atoms with E-state index in [0.717, 1.165) is 0 Å². The fourth-order valence-electron chi connectivity index (χ4n) is 3.03. The number of aliphatic carboxylic acids is 1. The second kappa shape index (κ2) is 13.7. The van der Waals surface area contributed by atoms with E-state index >= 15 is 0 Å². The summed E-state index contributed by atoms with van der Waals surface area (Å²) in [5, 5.41) is 17.0. The molecule has 0 aromatic rings. The van der Waals surface area contributed by atoms with Crippen LogP contribution in [-0.2, 0) is 24.0 Å². The molecule has 0 rings (SSSR count). The van der Waals surface area contributed by atoms with Crippen molar-refractivity contribution < 1.29 is 29.1 Å². The third-order valence-corrected chi connectivity index (χ3v) is 4.67. The van der Waals surface area contributed by atoms with Gasteiger partial charge < -0.3 is 32.5 Å². The molecule has 11 nitrogen and oxygen atoms in total. The zero-order valence-electron chi connectivity index (χ0n) is 19.8. The Balaban J connectivity index is 5.44. The fourth-order valence-corrected chi connectivity index (χ4v) is 3.03. The first-order chi connectivity index (χ1) is 14.6. The highest BCUT2D eigenvalue weighted by atomic mass is 16.4. The highest BCUT2D eigenvalue weighted by molar-refractivity contribution is 5.95. The molecule has 0 saturated carbocycles. The van der Waals surface area contributed by atoms with E-state index in [-0.39, 0.29) is 37.0 Å². The molecular formula is C21H39N5O6. The van der Waals surface area contributed by atoms with Crippen LogP contribution in [0.25, 0.3) is 0 Å². The van der Waals surface area contributed by atoms with Crippen LogP contribution in [0.4, 0.5) is 0 Å². The van der Waals surface area contributed by atoms with E-state index in [1.54, 1.807) is 13.8 Å². The smallest absolute Gasteiger partial charge is 0.326 e. The predicted octanol–water partition coefficient (Wildman–Crippen LogP) is -0.524. The minimum absolute atomic E-state index is 0.0236. The van der Waals surface area contributed by atoms with Gasteiger partial charge in [-0.05, 0) is 30.6 Å². The zero-order chi connectivity index (χ0) is 25.2. The van der Waals surface area contributed by atoms with E-state index in [0.29, 0.717) is 0 Å². The minimum atomic E-state index is -1.20. The first kappa shape index (κ1) is 29.3. The van der Waals surface area contributed by atoms with Gasteiger partial charge in [0.25, 0.3) is 0 Å². The van der Waals surface area contributed by atoms with Gasteiger partial charge in [0.2, 0.25) is 23.6 Å². The largest absolute Gasteiger partial charge is 0.480 e. The van der Waals surface area contributed by atoms with E-state index in [4.69, 9.17) is 11.5 Å². The lowest BCUT2D eigenvalue weighted by molar-refractivity contribution is -0.143. The van der Waals surface area contributed by atoms with Gasteiger partial charge in [-0.25, -0.2) is 4.79 Å². The zero-order valence-corrected chi connectivity index (χ0v) is 19.8. The van der Waals surface area contributed by atoms with Crippen LogP contribution in [0.3, 0.4) is 0 Å². The number of nitrogens with one attached hydrogen (secondary N) is 3. The Kier molecular flexibility index (Phi) is 12.5. The molecule has 32 heavy (non-hydrogen) atoms. The quantitative estimate of drug-likeness (QED) is 0.202. The standard InChI is InChI=1S/C21H39N5O6/c1-10(2)7-14(19(29)25-15(21(31)32)8-11(3)4)24-20(30)17(12(5)6)26-18(28)13(22)9-16(23)27/h10-15,17H,7-9,22H2,1-6H3,(H2,23,27)(H,24,30)(H,25,29)(H,26,28)(H,31,32). The Bertz CT molecular complexity index is 680. The molecule has 0 bridgehead atoms.